The highest BCUT2D eigenvalue weighted by Crippen LogP contribution is 2.14. The molecule has 0 aromatic rings. The van der Waals surface area contributed by atoms with Gasteiger partial charge >= 0.3 is 12.1 Å². The van der Waals surface area contributed by atoms with E-state index in [4.69, 9.17) is 22.0 Å². The number of unbranched alkanes of at least 4 members (excludes halogenated alkanes) is 1. The predicted molar refractivity (Wildman–Crippen MR) is 94.5 cm³/mol. The summed E-state index contributed by atoms with van der Waals surface area (Å²) in [5.74, 6) is 1.33. The van der Waals surface area contributed by atoms with E-state index in [1.54, 1.807) is 20.8 Å². The average molecular weight is 340 g/mol. The van der Waals surface area contributed by atoms with Crippen molar-refractivity contribution >= 4 is 12.1 Å². The van der Waals surface area contributed by atoms with Gasteiger partial charge in [0.2, 0.25) is 0 Å². The van der Waals surface area contributed by atoms with Crippen LogP contribution in [0.15, 0.2) is 0 Å². The van der Waals surface area contributed by atoms with E-state index in [1.807, 2.05) is 0 Å². The van der Waals surface area contributed by atoms with E-state index in [1.165, 1.54) is 32.1 Å². The van der Waals surface area contributed by atoms with Crippen LogP contribution in [0.2, 0.25) is 0 Å². The molecule has 1 rings (SSSR count). The molecule has 0 aromatic heterocycles. The maximum Gasteiger partial charge on any atom is 0.408 e. The number of nitrogens with two attached hydrogens (primary N) is 1. The van der Waals surface area contributed by atoms with Crippen molar-refractivity contribution in [2.75, 3.05) is 0 Å². The smallest absolute Gasteiger partial charge is 0.408 e. The molecular formula is C18H32N2O4. The molecule has 0 heterocycles. The Bertz CT molecular complexity index is 418. The highest BCUT2D eigenvalue weighted by atomic mass is 16.6. The van der Waals surface area contributed by atoms with E-state index in [9.17, 15) is 9.59 Å². The number of ether oxygens (including phenoxy) is 1. The van der Waals surface area contributed by atoms with Crippen LogP contribution in [-0.4, -0.2) is 34.9 Å². The quantitative estimate of drug-likeness (QED) is 0.527. The number of carbonyl (C=O) groups excluding carboxylic acids is 1. The van der Waals surface area contributed by atoms with Crippen molar-refractivity contribution in [2.24, 2.45) is 5.73 Å². The van der Waals surface area contributed by atoms with Gasteiger partial charge in [-0.05, 0) is 46.5 Å². The predicted octanol–water partition coefficient (Wildman–Crippen LogP) is 3.05. The van der Waals surface area contributed by atoms with Crippen molar-refractivity contribution in [3.05, 3.63) is 0 Å². The summed E-state index contributed by atoms with van der Waals surface area (Å²) in [7, 11) is 0. The first kappa shape index (κ1) is 22.3. The summed E-state index contributed by atoms with van der Waals surface area (Å²) in [6, 6.07) is -0.424. The summed E-state index contributed by atoms with van der Waals surface area (Å²) >= 11 is 0. The SMILES string of the molecule is C#CCCC[C@@H](NC(=O)OC(C)(C)C)C(=O)O.NC1CCCCC1. The lowest BCUT2D eigenvalue weighted by Crippen LogP contribution is -2.43. The molecule has 24 heavy (non-hydrogen) atoms. The Balaban J connectivity index is 0.000000620. The molecule has 0 spiro atoms. The fourth-order valence-corrected chi connectivity index (χ4v) is 2.25. The molecule has 1 aliphatic rings. The van der Waals surface area contributed by atoms with E-state index < -0.39 is 23.7 Å². The largest absolute Gasteiger partial charge is 0.480 e. The maximum absolute atomic E-state index is 11.4. The number of hydrogen-bond acceptors (Lipinski definition) is 4. The number of nitrogens with one attached hydrogen (secondary N) is 1. The monoisotopic (exact) mass is 340 g/mol. The number of rotatable bonds is 5. The standard InChI is InChI=1S/C12H19NO4.C6H13N/c1-5-6-7-8-9(10(14)15)13-11(16)17-12(2,3)4;7-6-4-2-1-3-5-6/h1,9H,6-8H2,2-4H3,(H,13,16)(H,14,15);6H,1-5,7H2/t9-;/m1./s1. The fourth-order valence-electron chi connectivity index (χ4n) is 2.25. The van der Waals surface area contributed by atoms with Gasteiger partial charge in [0.1, 0.15) is 11.6 Å². The highest BCUT2D eigenvalue weighted by molar-refractivity contribution is 5.79. The fraction of sp³-hybridized carbons (Fsp3) is 0.778. The van der Waals surface area contributed by atoms with Gasteiger partial charge in [-0.2, -0.15) is 0 Å². The van der Waals surface area contributed by atoms with Crippen molar-refractivity contribution in [1.82, 2.24) is 5.32 Å². The van der Waals surface area contributed by atoms with Gasteiger partial charge in [-0.1, -0.05) is 19.3 Å². The third kappa shape index (κ3) is 12.8. The summed E-state index contributed by atoms with van der Waals surface area (Å²) in [5.41, 5.74) is 4.99. The molecule has 6 nitrogen and oxygen atoms in total. The third-order valence-electron chi connectivity index (χ3n) is 3.45. The number of amides is 1. The summed E-state index contributed by atoms with van der Waals surface area (Å²) in [5, 5.41) is 11.2. The van der Waals surface area contributed by atoms with E-state index in [2.05, 4.69) is 11.2 Å². The van der Waals surface area contributed by atoms with Gasteiger partial charge in [0.05, 0.1) is 0 Å². The minimum absolute atomic E-state index is 0.290. The van der Waals surface area contributed by atoms with Crippen molar-refractivity contribution in [1.29, 1.82) is 0 Å². The Morgan fingerprint density at radius 3 is 2.29 bits per heavy atom. The van der Waals surface area contributed by atoms with Gasteiger partial charge in [0.25, 0.3) is 0 Å². The van der Waals surface area contributed by atoms with Gasteiger partial charge in [-0.25, -0.2) is 9.59 Å². The zero-order valence-electron chi connectivity index (χ0n) is 15.1. The Labute approximate surface area is 145 Å². The van der Waals surface area contributed by atoms with E-state index in [0.29, 0.717) is 25.3 Å². The molecule has 1 saturated carbocycles. The molecule has 1 atom stereocenters. The lowest BCUT2D eigenvalue weighted by molar-refractivity contribution is -0.139. The number of carbonyl (C=O) groups is 2. The number of alkyl carbamates (subject to hydrolysis) is 1. The summed E-state index contributed by atoms with van der Waals surface area (Å²) in [6.45, 7) is 5.13. The second-order valence-corrected chi connectivity index (χ2v) is 7.03. The van der Waals surface area contributed by atoms with Gasteiger partial charge in [0, 0.05) is 12.5 Å². The van der Waals surface area contributed by atoms with Crippen molar-refractivity contribution in [3.63, 3.8) is 0 Å². The minimum atomic E-state index is -1.09. The molecule has 1 fully saturated rings. The summed E-state index contributed by atoms with van der Waals surface area (Å²) < 4.78 is 4.97. The van der Waals surface area contributed by atoms with Crippen LogP contribution in [0, 0.1) is 12.3 Å². The normalized spacial score (nSPS) is 16.1. The third-order valence-corrected chi connectivity index (χ3v) is 3.45. The minimum Gasteiger partial charge on any atom is -0.480 e. The number of carboxylic acids is 1. The molecule has 0 radical (unpaired) electrons. The van der Waals surface area contributed by atoms with Crippen molar-refractivity contribution in [2.45, 2.75) is 89.8 Å². The Morgan fingerprint density at radius 2 is 1.92 bits per heavy atom. The molecule has 0 bridgehead atoms. The van der Waals surface area contributed by atoms with Crippen molar-refractivity contribution in [3.8, 4) is 12.3 Å². The number of terminal acetylenes is 1. The first-order valence-corrected chi connectivity index (χ1v) is 8.57. The Hall–Kier alpha value is -1.74. The first-order valence-electron chi connectivity index (χ1n) is 8.57. The zero-order chi connectivity index (χ0) is 18.6. The zero-order valence-corrected chi connectivity index (χ0v) is 15.1. The molecule has 6 heteroatoms. The van der Waals surface area contributed by atoms with Crippen LogP contribution < -0.4 is 11.1 Å². The van der Waals surface area contributed by atoms with Gasteiger partial charge in [0.15, 0.2) is 0 Å². The van der Waals surface area contributed by atoms with Gasteiger partial charge in [-0.15, -0.1) is 12.3 Å². The van der Waals surface area contributed by atoms with E-state index in [-0.39, 0.29) is 0 Å². The van der Waals surface area contributed by atoms with Crippen LogP contribution >= 0.6 is 0 Å². The molecule has 0 aliphatic heterocycles. The highest BCUT2D eigenvalue weighted by Gasteiger charge is 2.23. The molecule has 1 aliphatic carbocycles. The number of carboxylic acid groups (broad SMARTS) is 1. The van der Waals surface area contributed by atoms with Crippen LogP contribution in [0.5, 0.6) is 0 Å². The second-order valence-electron chi connectivity index (χ2n) is 7.03. The molecular weight excluding hydrogens is 308 g/mol. The van der Waals surface area contributed by atoms with Crippen LogP contribution in [0.25, 0.3) is 0 Å². The molecule has 0 aromatic carbocycles. The number of hydrogen-bond donors (Lipinski definition) is 3. The second kappa shape index (κ2) is 11.7. The molecule has 138 valence electrons. The first-order chi connectivity index (χ1) is 11.2. The lowest BCUT2D eigenvalue weighted by Gasteiger charge is -2.21. The maximum atomic E-state index is 11.4. The molecule has 1 amide bonds. The molecule has 0 unspecified atom stereocenters. The summed E-state index contributed by atoms with van der Waals surface area (Å²) in [6.07, 6.45) is 12.3. The Kier molecular flexibility index (Phi) is 10.9. The van der Waals surface area contributed by atoms with Gasteiger partial charge < -0.3 is 20.9 Å². The van der Waals surface area contributed by atoms with E-state index in [0.717, 1.165) is 0 Å². The lowest BCUT2D eigenvalue weighted by atomic mass is 9.97. The number of aliphatic carboxylic acids is 1. The van der Waals surface area contributed by atoms with E-state index >= 15 is 0 Å². The van der Waals surface area contributed by atoms with Crippen LogP contribution in [0.1, 0.15) is 72.1 Å². The van der Waals surface area contributed by atoms with Crippen molar-refractivity contribution < 1.29 is 19.4 Å². The Morgan fingerprint density at radius 1 is 1.33 bits per heavy atom. The molecule has 4 N–H and O–H groups in total. The molecule has 0 saturated heterocycles. The topological polar surface area (TPSA) is 102 Å². The van der Waals surface area contributed by atoms with Crippen LogP contribution in [-0.2, 0) is 9.53 Å². The van der Waals surface area contributed by atoms with Crippen LogP contribution in [0.4, 0.5) is 4.79 Å². The van der Waals surface area contributed by atoms with Crippen LogP contribution in [0.3, 0.4) is 0 Å². The average Bonchev–Trinajstić information content (AvgIpc) is 2.46. The van der Waals surface area contributed by atoms with Gasteiger partial charge in [-0.3, -0.25) is 0 Å². The summed E-state index contributed by atoms with van der Waals surface area (Å²) in [4.78, 5) is 22.2.